The van der Waals surface area contributed by atoms with E-state index in [2.05, 4.69) is 31.2 Å². The molecular weight excluding hydrogens is 206 g/mol. The molecule has 1 aromatic carbocycles. The number of nitrogens with two attached hydrogens (primary N) is 1. The Hall–Kier alpha value is -0.510. The number of thioether (sulfide) groups is 1. The molecule has 2 atom stereocenters. The van der Waals surface area contributed by atoms with E-state index in [0.717, 1.165) is 5.75 Å². The molecule has 1 aromatic rings. The summed E-state index contributed by atoms with van der Waals surface area (Å²) in [6.45, 7) is 4.29. The van der Waals surface area contributed by atoms with Crippen molar-refractivity contribution in [3.63, 3.8) is 0 Å². The van der Waals surface area contributed by atoms with E-state index in [-0.39, 0.29) is 17.9 Å². The second-order valence-corrected chi connectivity index (χ2v) is 5.32. The lowest BCUT2D eigenvalue weighted by atomic mass is 10.1. The summed E-state index contributed by atoms with van der Waals surface area (Å²) in [5, 5.41) is 9.16. The number of benzene rings is 1. The monoisotopic (exact) mass is 225 g/mol. The highest BCUT2D eigenvalue weighted by Crippen LogP contribution is 2.19. The summed E-state index contributed by atoms with van der Waals surface area (Å²) in [4.78, 5) is 0. The molecule has 2 nitrogen and oxygen atoms in total. The topological polar surface area (TPSA) is 46.2 Å². The third kappa shape index (κ3) is 4.24. The normalized spacial score (nSPS) is 14.9. The van der Waals surface area contributed by atoms with Gasteiger partial charge in [0.25, 0.3) is 0 Å². The van der Waals surface area contributed by atoms with Crippen LogP contribution < -0.4 is 5.73 Å². The lowest BCUT2D eigenvalue weighted by Gasteiger charge is -2.14. The van der Waals surface area contributed by atoms with Gasteiger partial charge in [0.2, 0.25) is 0 Å². The lowest BCUT2D eigenvalue weighted by molar-refractivity contribution is 0.300. The zero-order valence-corrected chi connectivity index (χ0v) is 10.1. The Morgan fingerprint density at radius 2 is 1.93 bits per heavy atom. The first-order valence-electron chi connectivity index (χ1n) is 5.18. The molecule has 3 N–H and O–H groups in total. The maximum Gasteiger partial charge on any atom is 0.0547 e. The molecule has 0 aliphatic carbocycles. The van der Waals surface area contributed by atoms with Crippen LogP contribution in [0.4, 0.5) is 0 Å². The average molecular weight is 225 g/mol. The molecule has 0 saturated carbocycles. The van der Waals surface area contributed by atoms with Gasteiger partial charge in [-0.2, -0.15) is 11.8 Å². The zero-order chi connectivity index (χ0) is 11.3. The molecule has 0 aromatic heterocycles. The Morgan fingerprint density at radius 3 is 2.47 bits per heavy atom. The summed E-state index contributed by atoms with van der Waals surface area (Å²) in [5.41, 5.74) is 8.46. The van der Waals surface area contributed by atoms with Crippen LogP contribution in [0.3, 0.4) is 0 Å². The van der Waals surface area contributed by atoms with Crippen LogP contribution in [0.1, 0.15) is 24.1 Å². The fraction of sp³-hybridized carbons (Fsp3) is 0.500. The van der Waals surface area contributed by atoms with Gasteiger partial charge in [-0.3, -0.25) is 0 Å². The summed E-state index contributed by atoms with van der Waals surface area (Å²) < 4.78 is 0. The van der Waals surface area contributed by atoms with Crippen molar-refractivity contribution in [3.05, 3.63) is 35.4 Å². The minimum atomic E-state index is 0.0598. The highest BCUT2D eigenvalue weighted by Gasteiger charge is 2.08. The standard InChI is InChI=1S/C12H19NOS/c1-9-3-5-11(6-4-9)12(13)8-15-10(2)7-14/h3-6,10,12,14H,7-8,13H2,1-2H3. The van der Waals surface area contributed by atoms with Crippen molar-refractivity contribution >= 4 is 11.8 Å². The smallest absolute Gasteiger partial charge is 0.0547 e. The molecule has 0 saturated heterocycles. The van der Waals surface area contributed by atoms with Crippen LogP contribution in [-0.2, 0) is 0 Å². The van der Waals surface area contributed by atoms with Crippen molar-refractivity contribution in [1.82, 2.24) is 0 Å². The fourth-order valence-electron chi connectivity index (χ4n) is 1.23. The fourth-order valence-corrected chi connectivity index (χ4v) is 2.06. The van der Waals surface area contributed by atoms with Crippen molar-refractivity contribution in [2.24, 2.45) is 5.73 Å². The van der Waals surface area contributed by atoms with E-state index in [4.69, 9.17) is 10.8 Å². The van der Waals surface area contributed by atoms with Crippen molar-refractivity contribution in [3.8, 4) is 0 Å². The van der Waals surface area contributed by atoms with Gasteiger partial charge in [0.1, 0.15) is 0 Å². The summed E-state index contributed by atoms with van der Waals surface area (Å²) in [5.74, 6) is 0.852. The van der Waals surface area contributed by atoms with E-state index in [1.165, 1.54) is 11.1 Å². The van der Waals surface area contributed by atoms with E-state index >= 15 is 0 Å². The first kappa shape index (κ1) is 12.6. The van der Waals surface area contributed by atoms with Gasteiger partial charge in [-0.25, -0.2) is 0 Å². The molecule has 0 bridgehead atoms. The van der Waals surface area contributed by atoms with E-state index in [0.29, 0.717) is 0 Å². The van der Waals surface area contributed by atoms with Crippen LogP contribution in [0.25, 0.3) is 0 Å². The van der Waals surface area contributed by atoms with Crippen molar-refractivity contribution in [1.29, 1.82) is 0 Å². The average Bonchev–Trinajstić information content (AvgIpc) is 2.26. The Balaban J connectivity index is 2.46. The van der Waals surface area contributed by atoms with Gasteiger partial charge in [-0.1, -0.05) is 36.8 Å². The number of rotatable bonds is 5. The minimum Gasteiger partial charge on any atom is -0.395 e. The highest BCUT2D eigenvalue weighted by molar-refractivity contribution is 7.99. The van der Waals surface area contributed by atoms with Gasteiger partial charge in [-0.05, 0) is 12.5 Å². The molecule has 84 valence electrons. The Bertz CT molecular complexity index is 286. The molecule has 0 heterocycles. The number of aliphatic hydroxyl groups excluding tert-OH is 1. The van der Waals surface area contributed by atoms with E-state index in [1.54, 1.807) is 11.8 Å². The third-order valence-electron chi connectivity index (χ3n) is 2.32. The Labute approximate surface area is 95.9 Å². The summed E-state index contributed by atoms with van der Waals surface area (Å²) in [7, 11) is 0. The summed E-state index contributed by atoms with van der Waals surface area (Å²) >= 11 is 1.71. The minimum absolute atomic E-state index is 0.0598. The molecule has 2 unspecified atom stereocenters. The number of hydrogen-bond donors (Lipinski definition) is 2. The molecule has 1 rings (SSSR count). The van der Waals surface area contributed by atoms with Gasteiger partial charge in [0, 0.05) is 17.0 Å². The molecule has 0 spiro atoms. The molecule has 0 aliphatic heterocycles. The first-order chi connectivity index (χ1) is 7.13. The summed E-state index contributed by atoms with van der Waals surface area (Å²) in [6, 6.07) is 8.36. The summed E-state index contributed by atoms with van der Waals surface area (Å²) in [6.07, 6.45) is 0. The van der Waals surface area contributed by atoms with Crippen molar-refractivity contribution in [2.45, 2.75) is 25.1 Å². The van der Waals surface area contributed by atoms with Crippen LogP contribution in [0.2, 0.25) is 0 Å². The van der Waals surface area contributed by atoms with Gasteiger partial charge in [0.15, 0.2) is 0 Å². The van der Waals surface area contributed by atoms with Crippen LogP contribution in [0, 0.1) is 6.92 Å². The van der Waals surface area contributed by atoms with Crippen molar-refractivity contribution < 1.29 is 5.11 Å². The molecule has 0 radical (unpaired) electrons. The second kappa shape index (κ2) is 6.16. The van der Waals surface area contributed by atoms with Crippen LogP contribution in [0.5, 0.6) is 0 Å². The Morgan fingerprint density at radius 1 is 1.33 bits per heavy atom. The molecule has 0 fully saturated rings. The third-order valence-corrected chi connectivity index (χ3v) is 3.59. The number of aryl methyl sites for hydroxylation is 1. The lowest BCUT2D eigenvalue weighted by Crippen LogP contribution is -2.15. The van der Waals surface area contributed by atoms with Crippen LogP contribution in [0.15, 0.2) is 24.3 Å². The number of hydrogen-bond acceptors (Lipinski definition) is 3. The molecule has 3 heteroatoms. The molecule has 0 aliphatic rings. The molecular formula is C12H19NOS. The quantitative estimate of drug-likeness (QED) is 0.807. The zero-order valence-electron chi connectivity index (χ0n) is 9.31. The van der Waals surface area contributed by atoms with Crippen LogP contribution in [-0.4, -0.2) is 22.7 Å². The predicted molar refractivity (Wildman–Crippen MR) is 67.1 cm³/mol. The van der Waals surface area contributed by atoms with Crippen LogP contribution >= 0.6 is 11.8 Å². The Kier molecular flexibility index (Phi) is 5.15. The van der Waals surface area contributed by atoms with Gasteiger partial charge >= 0.3 is 0 Å². The van der Waals surface area contributed by atoms with E-state index < -0.39 is 0 Å². The molecule has 15 heavy (non-hydrogen) atoms. The van der Waals surface area contributed by atoms with Gasteiger partial charge in [-0.15, -0.1) is 0 Å². The molecule has 0 amide bonds. The number of aliphatic hydroxyl groups is 1. The second-order valence-electron chi connectivity index (χ2n) is 3.84. The first-order valence-corrected chi connectivity index (χ1v) is 6.23. The maximum absolute atomic E-state index is 8.89. The maximum atomic E-state index is 8.89. The van der Waals surface area contributed by atoms with E-state index in [1.807, 2.05) is 6.92 Å². The largest absolute Gasteiger partial charge is 0.395 e. The van der Waals surface area contributed by atoms with Crippen molar-refractivity contribution in [2.75, 3.05) is 12.4 Å². The van der Waals surface area contributed by atoms with Gasteiger partial charge < -0.3 is 10.8 Å². The van der Waals surface area contributed by atoms with E-state index in [9.17, 15) is 0 Å². The predicted octanol–water partition coefficient (Wildman–Crippen LogP) is 2.11. The van der Waals surface area contributed by atoms with Gasteiger partial charge in [0.05, 0.1) is 6.61 Å². The highest BCUT2D eigenvalue weighted by atomic mass is 32.2. The SMILES string of the molecule is Cc1ccc(C(N)CSC(C)CO)cc1.